The van der Waals surface area contributed by atoms with Crippen molar-refractivity contribution in [1.29, 1.82) is 0 Å². The summed E-state index contributed by atoms with van der Waals surface area (Å²) in [7, 11) is -2.90. The van der Waals surface area contributed by atoms with Crippen molar-refractivity contribution in [2.45, 2.75) is 11.3 Å². The minimum Gasteiger partial charge on any atom is -0.388 e. The predicted octanol–water partition coefficient (Wildman–Crippen LogP) is 0.601. The highest BCUT2D eigenvalue weighted by molar-refractivity contribution is 7.89. The van der Waals surface area contributed by atoms with Crippen molar-refractivity contribution in [3.05, 3.63) is 24.0 Å². The summed E-state index contributed by atoms with van der Waals surface area (Å²) in [6.45, 7) is -0.876. The zero-order chi connectivity index (χ0) is 13.9. The summed E-state index contributed by atoms with van der Waals surface area (Å²) >= 11 is 4.66. The first-order valence-corrected chi connectivity index (χ1v) is 6.60. The largest absolute Gasteiger partial charge is 0.388 e. The fourth-order valence-electron chi connectivity index (χ4n) is 1.15. The van der Waals surface area contributed by atoms with Gasteiger partial charge in [0.2, 0.25) is 10.0 Å². The van der Waals surface area contributed by atoms with Gasteiger partial charge in [-0.05, 0) is 12.1 Å². The molecule has 0 unspecified atom stereocenters. The molecule has 5 nitrogen and oxygen atoms in total. The monoisotopic (exact) mass is 295 g/mol. The van der Waals surface area contributed by atoms with Crippen molar-refractivity contribution in [3.63, 3.8) is 0 Å². The summed E-state index contributed by atoms with van der Waals surface area (Å²) in [5.41, 5.74) is 5.57. The van der Waals surface area contributed by atoms with Gasteiger partial charge >= 0.3 is 0 Å². The maximum Gasteiger partial charge on any atom is 0.252 e. The molecule has 1 heterocycles. The normalized spacial score (nSPS) is 12.1. The van der Waals surface area contributed by atoms with Gasteiger partial charge in [0.15, 0.2) is 0 Å². The Hall–Kier alpha value is -1.19. The zero-order valence-electron chi connectivity index (χ0n) is 9.38. The van der Waals surface area contributed by atoms with E-state index in [1.54, 1.807) is 0 Å². The quantitative estimate of drug-likeness (QED) is 0.805. The second-order valence-electron chi connectivity index (χ2n) is 3.42. The van der Waals surface area contributed by atoms with Crippen molar-refractivity contribution < 1.29 is 17.2 Å². The Labute approximate surface area is 109 Å². The number of nitrogens with two attached hydrogens (primary N) is 1. The number of hydrogen-bond acceptors (Lipinski definition) is 4. The van der Waals surface area contributed by atoms with Crippen LogP contribution < -0.4 is 5.73 Å². The second kappa shape index (κ2) is 5.63. The van der Waals surface area contributed by atoms with Crippen LogP contribution in [0, 0.1) is 0 Å². The number of nitrogens with zero attached hydrogens (tertiary/aromatic N) is 2. The van der Waals surface area contributed by atoms with Crippen molar-refractivity contribution in [3.8, 4) is 0 Å². The number of thiocarbonyl (C=S) groups is 1. The average Bonchev–Trinajstić information content (AvgIpc) is 2.28. The van der Waals surface area contributed by atoms with Crippen LogP contribution in [-0.2, 0) is 10.0 Å². The number of halogens is 2. The summed E-state index contributed by atoms with van der Waals surface area (Å²) in [6, 6.07) is 2.55. The third kappa shape index (κ3) is 3.40. The Bertz CT molecular complexity index is 531. The van der Waals surface area contributed by atoms with Crippen molar-refractivity contribution in [1.82, 2.24) is 9.29 Å². The van der Waals surface area contributed by atoms with Crippen molar-refractivity contribution in [2.24, 2.45) is 5.73 Å². The van der Waals surface area contributed by atoms with Crippen LogP contribution in [0.15, 0.2) is 23.2 Å². The Morgan fingerprint density at radius 1 is 1.56 bits per heavy atom. The van der Waals surface area contributed by atoms with E-state index in [0.29, 0.717) is 4.31 Å². The Morgan fingerprint density at radius 2 is 2.17 bits per heavy atom. The van der Waals surface area contributed by atoms with Crippen molar-refractivity contribution in [2.75, 3.05) is 13.6 Å². The van der Waals surface area contributed by atoms with E-state index in [-0.39, 0.29) is 15.6 Å². The number of sulfonamides is 1. The molecule has 0 radical (unpaired) electrons. The molecule has 0 aliphatic rings. The lowest BCUT2D eigenvalue weighted by Crippen LogP contribution is -2.31. The number of rotatable bonds is 5. The molecule has 100 valence electrons. The smallest absolute Gasteiger partial charge is 0.252 e. The first kappa shape index (κ1) is 14.9. The SMILES string of the molecule is CN(CC(F)F)S(=O)(=O)c1ccc(C(N)=S)nc1. The van der Waals surface area contributed by atoms with Crippen LogP contribution in [0.3, 0.4) is 0 Å². The molecule has 1 aromatic heterocycles. The number of pyridine rings is 1. The number of hydrogen-bond donors (Lipinski definition) is 1. The Kier molecular flexibility index (Phi) is 4.65. The van der Waals surface area contributed by atoms with Crippen LogP contribution in [0.25, 0.3) is 0 Å². The van der Waals surface area contributed by atoms with E-state index < -0.39 is 23.0 Å². The minimum absolute atomic E-state index is 0.0277. The molecule has 0 amide bonds. The van der Waals surface area contributed by atoms with E-state index in [1.165, 1.54) is 12.1 Å². The van der Waals surface area contributed by atoms with E-state index in [0.717, 1.165) is 13.2 Å². The van der Waals surface area contributed by atoms with Gasteiger partial charge in [0.1, 0.15) is 9.88 Å². The molecule has 1 rings (SSSR count). The first-order chi connectivity index (χ1) is 8.25. The third-order valence-electron chi connectivity index (χ3n) is 2.09. The van der Waals surface area contributed by atoms with E-state index >= 15 is 0 Å². The second-order valence-corrected chi connectivity index (χ2v) is 5.90. The molecule has 0 bridgehead atoms. The summed E-state index contributed by atoms with van der Waals surface area (Å²) in [6.07, 6.45) is -1.71. The molecule has 1 aromatic rings. The fourth-order valence-corrected chi connectivity index (χ4v) is 2.37. The number of aromatic nitrogens is 1. The van der Waals surface area contributed by atoms with Gasteiger partial charge in [-0.3, -0.25) is 4.98 Å². The molecule has 9 heteroatoms. The fraction of sp³-hybridized carbons (Fsp3) is 0.333. The van der Waals surface area contributed by atoms with Crippen LogP contribution >= 0.6 is 12.2 Å². The van der Waals surface area contributed by atoms with E-state index in [2.05, 4.69) is 17.2 Å². The van der Waals surface area contributed by atoms with Gasteiger partial charge in [-0.25, -0.2) is 17.2 Å². The molecule has 0 saturated carbocycles. The molecule has 0 fully saturated rings. The predicted molar refractivity (Wildman–Crippen MR) is 65.9 cm³/mol. The Morgan fingerprint density at radius 3 is 2.56 bits per heavy atom. The number of alkyl halides is 2. The highest BCUT2D eigenvalue weighted by atomic mass is 32.2. The van der Waals surface area contributed by atoms with Crippen LogP contribution in [0.1, 0.15) is 5.69 Å². The maximum absolute atomic E-state index is 12.1. The molecule has 0 aliphatic carbocycles. The molecule has 0 aromatic carbocycles. The van der Waals surface area contributed by atoms with Gasteiger partial charge in [0.25, 0.3) is 6.43 Å². The molecule has 18 heavy (non-hydrogen) atoms. The summed E-state index contributed by atoms with van der Waals surface area (Å²) in [4.78, 5) is 3.58. The Balaban J connectivity index is 3.02. The third-order valence-corrected chi connectivity index (χ3v) is 4.11. The maximum atomic E-state index is 12.1. The van der Waals surface area contributed by atoms with Crippen LogP contribution in [-0.4, -0.2) is 42.7 Å². The lowest BCUT2D eigenvalue weighted by atomic mass is 10.3. The average molecular weight is 295 g/mol. The molecule has 2 N–H and O–H groups in total. The van der Waals surface area contributed by atoms with Gasteiger partial charge < -0.3 is 5.73 Å². The highest BCUT2D eigenvalue weighted by Gasteiger charge is 2.23. The molecule has 0 aliphatic heterocycles. The molecule has 0 atom stereocenters. The topological polar surface area (TPSA) is 76.3 Å². The summed E-state index contributed by atoms with van der Waals surface area (Å²) in [5.74, 6) is 0. The van der Waals surface area contributed by atoms with Crippen LogP contribution in [0.2, 0.25) is 0 Å². The van der Waals surface area contributed by atoms with Crippen LogP contribution in [0.5, 0.6) is 0 Å². The van der Waals surface area contributed by atoms with E-state index in [9.17, 15) is 17.2 Å². The lowest BCUT2D eigenvalue weighted by Gasteiger charge is -2.16. The molecular formula is C9H11F2N3O2S2. The van der Waals surface area contributed by atoms with Gasteiger partial charge in [-0.2, -0.15) is 4.31 Å². The van der Waals surface area contributed by atoms with E-state index in [4.69, 9.17) is 5.73 Å². The molecular weight excluding hydrogens is 284 g/mol. The standard InChI is InChI=1S/C9H11F2N3O2S2/c1-14(5-8(10)11)18(15,16)6-2-3-7(9(12)17)13-4-6/h2-4,8H,5H2,1H3,(H2,12,17). The van der Waals surface area contributed by atoms with Crippen molar-refractivity contribution >= 4 is 27.2 Å². The summed E-state index contributed by atoms with van der Waals surface area (Å²) in [5, 5.41) is 0. The minimum atomic E-state index is -3.97. The zero-order valence-corrected chi connectivity index (χ0v) is 11.0. The van der Waals surface area contributed by atoms with Gasteiger partial charge in [-0.1, -0.05) is 12.2 Å². The lowest BCUT2D eigenvalue weighted by molar-refractivity contribution is 0.126. The summed E-state index contributed by atoms with van der Waals surface area (Å²) < 4.78 is 48.5. The van der Waals surface area contributed by atoms with Gasteiger partial charge in [0, 0.05) is 13.2 Å². The highest BCUT2D eigenvalue weighted by Crippen LogP contribution is 2.14. The van der Waals surface area contributed by atoms with Crippen LogP contribution in [0.4, 0.5) is 8.78 Å². The first-order valence-electron chi connectivity index (χ1n) is 4.75. The van der Waals surface area contributed by atoms with E-state index in [1.807, 2.05) is 0 Å². The van der Waals surface area contributed by atoms with Gasteiger partial charge in [0.05, 0.1) is 12.2 Å². The van der Waals surface area contributed by atoms with Gasteiger partial charge in [-0.15, -0.1) is 0 Å². The molecule has 0 saturated heterocycles. The molecule has 0 spiro atoms.